The number of fused-ring (bicyclic) bond motifs is 1. The molecule has 1 fully saturated rings. The van der Waals surface area contributed by atoms with Gasteiger partial charge in [-0.1, -0.05) is 11.6 Å². The van der Waals surface area contributed by atoms with Crippen LogP contribution in [-0.2, 0) is 4.79 Å². The normalized spacial score (nSPS) is 42.9. The van der Waals surface area contributed by atoms with E-state index >= 15 is 0 Å². The maximum Gasteiger partial charge on any atom is 0.185 e. The summed E-state index contributed by atoms with van der Waals surface area (Å²) in [5.74, 6) is -0.267. The zero-order valence-electron chi connectivity index (χ0n) is 10.4. The number of hydrogen-bond acceptors (Lipinski definition) is 3. The first-order chi connectivity index (χ1) is 7.83. The smallest absolute Gasteiger partial charge is 0.185 e. The number of aliphatic hydroxyl groups excluding tert-OH is 1. The van der Waals surface area contributed by atoms with Crippen molar-refractivity contribution in [3.8, 4) is 0 Å². The lowest BCUT2D eigenvalue weighted by atomic mass is 9.65. The minimum Gasteiger partial charge on any atom is -0.389 e. The molecule has 1 unspecified atom stereocenters. The van der Waals surface area contributed by atoms with Gasteiger partial charge in [-0.2, -0.15) is 0 Å². The minimum absolute atomic E-state index is 0.0494. The van der Waals surface area contributed by atoms with Crippen LogP contribution in [0.5, 0.6) is 0 Å². The van der Waals surface area contributed by atoms with Crippen LogP contribution in [0, 0.1) is 11.3 Å². The third-order valence-corrected chi connectivity index (χ3v) is 5.12. The van der Waals surface area contributed by atoms with Gasteiger partial charge in [0.25, 0.3) is 0 Å². The van der Waals surface area contributed by atoms with Gasteiger partial charge in [0.2, 0.25) is 0 Å². The van der Waals surface area contributed by atoms with Gasteiger partial charge in [0.05, 0.1) is 11.7 Å². The molecule has 0 saturated heterocycles. The van der Waals surface area contributed by atoms with Crippen molar-refractivity contribution in [1.82, 2.24) is 0 Å². The zero-order chi connectivity index (χ0) is 12.6. The SMILES string of the molecule is CC1=CC2C(=C(C)C3(CC3)[C@](C)(O)[C@@H]2O)C1=O. The largest absolute Gasteiger partial charge is 0.389 e. The van der Waals surface area contributed by atoms with Crippen LogP contribution >= 0.6 is 0 Å². The van der Waals surface area contributed by atoms with Gasteiger partial charge < -0.3 is 10.2 Å². The van der Waals surface area contributed by atoms with Crippen LogP contribution in [0.2, 0.25) is 0 Å². The average Bonchev–Trinajstić information content (AvgIpc) is 3.01. The summed E-state index contributed by atoms with van der Waals surface area (Å²) in [5.41, 5.74) is 0.950. The number of hydrogen-bond donors (Lipinski definition) is 2. The summed E-state index contributed by atoms with van der Waals surface area (Å²) in [6.07, 6.45) is 2.66. The van der Waals surface area contributed by atoms with Crippen molar-refractivity contribution >= 4 is 5.78 Å². The summed E-state index contributed by atoms with van der Waals surface area (Å²) in [7, 11) is 0. The van der Waals surface area contributed by atoms with E-state index in [1.54, 1.807) is 19.9 Å². The van der Waals surface area contributed by atoms with Gasteiger partial charge in [-0.3, -0.25) is 4.79 Å². The Hall–Kier alpha value is -0.930. The van der Waals surface area contributed by atoms with Crippen molar-refractivity contribution in [3.63, 3.8) is 0 Å². The Morgan fingerprint density at radius 3 is 2.47 bits per heavy atom. The molecule has 0 radical (unpaired) electrons. The van der Waals surface area contributed by atoms with Crippen molar-refractivity contribution in [1.29, 1.82) is 0 Å². The number of allylic oxidation sites excluding steroid dienone is 1. The van der Waals surface area contributed by atoms with Crippen molar-refractivity contribution < 1.29 is 15.0 Å². The van der Waals surface area contributed by atoms with Gasteiger partial charge in [0, 0.05) is 16.9 Å². The average molecular weight is 234 g/mol. The quantitative estimate of drug-likeness (QED) is 0.665. The highest BCUT2D eigenvalue weighted by Crippen LogP contribution is 2.65. The summed E-state index contributed by atoms with van der Waals surface area (Å²) < 4.78 is 0. The Balaban J connectivity index is 2.22. The molecule has 0 bridgehead atoms. The lowest BCUT2D eigenvalue weighted by Gasteiger charge is -2.45. The topological polar surface area (TPSA) is 57.5 Å². The van der Waals surface area contributed by atoms with Crippen molar-refractivity contribution in [2.45, 2.75) is 45.3 Å². The van der Waals surface area contributed by atoms with E-state index in [0.29, 0.717) is 5.57 Å². The van der Waals surface area contributed by atoms with E-state index in [2.05, 4.69) is 0 Å². The first kappa shape index (κ1) is 11.2. The highest BCUT2D eigenvalue weighted by atomic mass is 16.3. The second-order valence-corrected chi connectivity index (χ2v) is 5.92. The molecule has 0 aromatic heterocycles. The molecule has 3 aliphatic carbocycles. The molecule has 92 valence electrons. The van der Waals surface area contributed by atoms with Crippen LogP contribution in [0.4, 0.5) is 0 Å². The first-order valence-corrected chi connectivity index (χ1v) is 6.18. The van der Waals surface area contributed by atoms with Crippen molar-refractivity contribution in [2.24, 2.45) is 11.3 Å². The fraction of sp³-hybridized carbons (Fsp3) is 0.643. The molecule has 2 N–H and O–H groups in total. The first-order valence-electron chi connectivity index (χ1n) is 6.18. The second kappa shape index (κ2) is 2.90. The van der Waals surface area contributed by atoms with E-state index in [4.69, 9.17) is 0 Å². The summed E-state index contributed by atoms with van der Waals surface area (Å²) in [5, 5.41) is 21.0. The molecule has 0 aromatic carbocycles. The lowest BCUT2D eigenvalue weighted by molar-refractivity contribution is -0.125. The molecule has 0 aliphatic heterocycles. The molecule has 0 heterocycles. The predicted octanol–water partition coefficient (Wildman–Crippen LogP) is 1.35. The third kappa shape index (κ3) is 1.07. The predicted molar refractivity (Wildman–Crippen MR) is 63.3 cm³/mol. The fourth-order valence-corrected chi connectivity index (χ4v) is 3.74. The minimum atomic E-state index is -1.12. The third-order valence-electron chi connectivity index (χ3n) is 5.12. The maximum atomic E-state index is 12.1. The van der Waals surface area contributed by atoms with Gasteiger partial charge >= 0.3 is 0 Å². The van der Waals surface area contributed by atoms with Crippen LogP contribution in [-0.4, -0.2) is 27.7 Å². The second-order valence-electron chi connectivity index (χ2n) is 5.92. The fourth-order valence-electron chi connectivity index (χ4n) is 3.74. The lowest BCUT2D eigenvalue weighted by Crippen LogP contribution is -2.55. The Morgan fingerprint density at radius 1 is 1.35 bits per heavy atom. The number of Topliss-reactive ketones (excluding diaryl/α,β-unsaturated/α-hetero) is 1. The zero-order valence-corrected chi connectivity index (χ0v) is 10.4. The van der Waals surface area contributed by atoms with Gasteiger partial charge in [0.1, 0.15) is 0 Å². The molecule has 3 atom stereocenters. The Bertz CT molecular complexity index is 478. The molecule has 1 saturated carbocycles. The molecule has 17 heavy (non-hydrogen) atoms. The maximum absolute atomic E-state index is 12.1. The molecule has 0 aromatic rings. The van der Waals surface area contributed by atoms with E-state index in [-0.39, 0.29) is 17.1 Å². The summed E-state index contributed by atoms with van der Waals surface area (Å²) in [6, 6.07) is 0. The van der Waals surface area contributed by atoms with Crippen LogP contribution < -0.4 is 0 Å². The molecule has 3 nitrogen and oxygen atoms in total. The van der Waals surface area contributed by atoms with Gasteiger partial charge in [0.15, 0.2) is 5.78 Å². The van der Waals surface area contributed by atoms with Crippen LogP contribution in [0.3, 0.4) is 0 Å². The number of ketones is 1. The Morgan fingerprint density at radius 2 is 1.94 bits per heavy atom. The monoisotopic (exact) mass is 234 g/mol. The summed E-state index contributed by atoms with van der Waals surface area (Å²) >= 11 is 0. The molecule has 3 heteroatoms. The van der Waals surface area contributed by atoms with Gasteiger partial charge in [-0.05, 0) is 39.2 Å². The molecule has 3 rings (SSSR count). The Kier molecular flexibility index (Phi) is 1.91. The van der Waals surface area contributed by atoms with E-state index < -0.39 is 11.7 Å². The van der Waals surface area contributed by atoms with E-state index in [1.807, 2.05) is 6.92 Å². The Labute approximate surface area is 101 Å². The number of aliphatic hydroxyl groups is 2. The van der Waals surface area contributed by atoms with Crippen molar-refractivity contribution in [3.05, 3.63) is 22.8 Å². The highest BCUT2D eigenvalue weighted by Gasteiger charge is 2.66. The van der Waals surface area contributed by atoms with Crippen LogP contribution in [0.25, 0.3) is 0 Å². The van der Waals surface area contributed by atoms with Gasteiger partial charge in [-0.25, -0.2) is 0 Å². The number of rotatable bonds is 0. The van der Waals surface area contributed by atoms with E-state index in [9.17, 15) is 15.0 Å². The molecule has 1 spiro atoms. The number of carbonyl (C=O) groups is 1. The van der Waals surface area contributed by atoms with E-state index in [1.165, 1.54) is 0 Å². The van der Waals surface area contributed by atoms with E-state index in [0.717, 1.165) is 24.0 Å². The molecular weight excluding hydrogens is 216 g/mol. The summed E-state index contributed by atoms with van der Waals surface area (Å²) in [4.78, 5) is 12.1. The van der Waals surface area contributed by atoms with Crippen LogP contribution in [0.1, 0.15) is 33.6 Å². The molecule has 0 amide bonds. The number of carbonyl (C=O) groups excluding carboxylic acids is 1. The van der Waals surface area contributed by atoms with Gasteiger partial charge in [-0.15, -0.1) is 0 Å². The van der Waals surface area contributed by atoms with Crippen molar-refractivity contribution in [2.75, 3.05) is 0 Å². The van der Waals surface area contributed by atoms with Crippen LogP contribution in [0.15, 0.2) is 22.8 Å². The molecular formula is C14H18O3. The molecule has 3 aliphatic rings. The standard InChI is InChI=1S/C14H18O3/c1-7-6-9-10(11(7)15)8(2)14(4-5-14)13(3,17)12(9)16/h6,9,12,16-17H,4-5H2,1-3H3/t9?,12-,13-/m1/s1. The highest BCUT2D eigenvalue weighted by molar-refractivity contribution is 6.12. The summed E-state index contributed by atoms with van der Waals surface area (Å²) in [6.45, 7) is 5.43.